The van der Waals surface area contributed by atoms with Crippen molar-refractivity contribution in [3.8, 4) is 11.5 Å². The molecule has 3 rings (SSSR count). The highest BCUT2D eigenvalue weighted by Gasteiger charge is 2.17. The number of ether oxygens (including phenoxy) is 2. The number of nitrogens with one attached hydrogen (secondary N) is 2. The lowest BCUT2D eigenvalue weighted by molar-refractivity contribution is 0.171. The summed E-state index contributed by atoms with van der Waals surface area (Å²) in [6, 6.07) is 9.43. The molecule has 1 unspecified atom stereocenters. The first-order valence-electron chi connectivity index (χ1n) is 8.18. The number of hydrogen-bond donors (Lipinski definition) is 2. The topological polar surface area (TPSA) is 59.6 Å². The summed E-state index contributed by atoms with van der Waals surface area (Å²) in [5.41, 5.74) is 4.06. The van der Waals surface area contributed by atoms with E-state index in [-0.39, 0.29) is 12.1 Å². The van der Waals surface area contributed by atoms with Crippen LogP contribution in [0.5, 0.6) is 11.5 Å². The third kappa shape index (κ3) is 4.07. The van der Waals surface area contributed by atoms with Gasteiger partial charge in [-0.1, -0.05) is 23.8 Å². The molecule has 2 amide bonds. The Hall–Kier alpha value is -2.21. The van der Waals surface area contributed by atoms with Crippen LogP contribution in [0, 0.1) is 13.8 Å². The molecule has 0 bridgehead atoms. The van der Waals surface area contributed by atoms with Crippen LogP contribution in [0.1, 0.15) is 29.7 Å². The van der Waals surface area contributed by atoms with Crippen molar-refractivity contribution in [3.05, 3.63) is 51.5 Å². The van der Waals surface area contributed by atoms with Crippen molar-refractivity contribution in [2.75, 3.05) is 18.5 Å². The largest absolute Gasteiger partial charge is 0.486 e. The molecule has 1 heterocycles. The second kappa shape index (κ2) is 7.35. The fourth-order valence-corrected chi connectivity index (χ4v) is 3.24. The zero-order valence-corrected chi connectivity index (χ0v) is 16.1. The summed E-state index contributed by atoms with van der Waals surface area (Å²) in [5.74, 6) is 1.31. The van der Waals surface area contributed by atoms with Crippen LogP contribution in [0.25, 0.3) is 0 Å². The molecule has 0 aliphatic carbocycles. The molecule has 5 nitrogen and oxygen atoms in total. The third-order valence-electron chi connectivity index (χ3n) is 4.13. The van der Waals surface area contributed by atoms with Gasteiger partial charge in [0.05, 0.1) is 11.7 Å². The minimum atomic E-state index is -0.272. The minimum Gasteiger partial charge on any atom is -0.486 e. The van der Waals surface area contributed by atoms with E-state index in [0.717, 1.165) is 15.6 Å². The molecule has 0 aromatic heterocycles. The van der Waals surface area contributed by atoms with E-state index in [0.29, 0.717) is 30.4 Å². The molecule has 2 aromatic rings. The van der Waals surface area contributed by atoms with Crippen molar-refractivity contribution in [3.63, 3.8) is 0 Å². The van der Waals surface area contributed by atoms with Gasteiger partial charge in [0, 0.05) is 16.6 Å². The molecule has 0 spiro atoms. The molecule has 6 heteroatoms. The number of halogens is 1. The molecular formula is C19H21BrN2O3. The van der Waals surface area contributed by atoms with E-state index in [1.165, 1.54) is 5.56 Å². The molecule has 25 heavy (non-hydrogen) atoms. The summed E-state index contributed by atoms with van der Waals surface area (Å²) < 4.78 is 11.8. The van der Waals surface area contributed by atoms with Crippen molar-refractivity contribution in [2.24, 2.45) is 0 Å². The molecule has 0 saturated heterocycles. The van der Waals surface area contributed by atoms with Crippen LogP contribution in [0.15, 0.2) is 34.8 Å². The lowest BCUT2D eigenvalue weighted by Gasteiger charge is -2.21. The van der Waals surface area contributed by atoms with Gasteiger partial charge < -0.3 is 20.1 Å². The lowest BCUT2D eigenvalue weighted by Crippen LogP contribution is -2.31. The molecule has 2 aromatic carbocycles. The maximum atomic E-state index is 12.4. The number of benzene rings is 2. The predicted octanol–water partition coefficient (Wildman–Crippen LogP) is 4.72. The van der Waals surface area contributed by atoms with E-state index in [1.54, 1.807) is 12.1 Å². The smallest absolute Gasteiger partial charge is 0.319 e. The highest BCUT2D eigenvalue weighted by molar-refractivity contribution is 9.10. The molecule has 1 aliphatic rings. The van der Waals surface area contributed by atoms with Gasteiger partial charge in [0.2, 0.25) is 0 Å². The number of urea groups is 1. The molecule has 0 saturated carbocycles. The van der Waals surface area contributed by atoms with Gasteiger partial charge >= 0.3 is 6.03 Å². The van der Waals surface area contributed by atoms with E-state index in [2.05, 4.69) is 44.8 Å². The zero-order chi connectivity index (χ0) is 18.0. The quantitative estimate of drug-likeness (QED) is 0.777. The van der Waals surface area contributed by atoms with Gasteiger partial charge in [0.1, 0.15) is 13.2 Å². The van der Waals surface area contributed by atoms with Crippen LogP contribution in [0.2, 0.25) is 0 Å². The summed E-state index contributed by atoms with van der Waals surface area (Å²) in [4.78, 5) is 12.4. The predicted molar refractivity (Wildman–Crippen MR) is 102 cm³/mol. The number of hydrogen-bond acceptors (Lipinski definition) is 3. The van der Waals surface area contributed by atoms with Gasteiger partial charge in [-0.15, -0.1) is 0 Å². The van der Waals surface area contributed by atoms with Crippen LogP contribution in [-0.4, -0.2) is 19.2 Å². The Morgan fingerprint density at radius 1 is 1.12 bits per heavy atom. The Kier molecular flexibility index (Phi) is 5.18. The molecule has 1 aliphatic heterocycles. The number of aryl methyl sites for hydroxylation is 2. The molecule has 0 fully saturated rings. The van der Waals surface area contributed by atoms with E-state index in [9.17, 15) is 4.79 Å². The summed E-state index contributed by atoms with van der Waals surface area (Å²) >= 11 is 3.46. The molecular weight excluding hydrogens is 384 g/mol. The molecule has 0 radical (unpaired) electrons. The van der Waals surface area contributed by atoms with E-state index >= 15 is 0 Å². The average Bonchev–Trinajstić information content (AvgIpc) is 2.57. The fourth-order valence-electron chi connectivity index (χ4n) is 2.82. The van der Waals surface area contributed by atoms with Crippen molar-refractivity contribution in [1.82, 2.24) is 5.32 Å². The van der Waals surface area contributed by atoms with Crippen LogP contribution in [-0.2, 0) is 0 Å². The number of fused-ring (bicyclic) bond motifs is 1. The maximum Gasteiger partial charge on any atom is 0.319 e. The van der Waals surface area contributed by atoms with Crippen LogP contribution < -0.4 is 20.1 Å². The Bertz CT molecular complexity index is 807. The Morgan fingerprint density at radius 3 is 2.52 bits per heavy atom. The normalized spacial score (nSPS) is 13.9. The molecule has 132 valence electrons. The highest BCUT2D eigenvalue weighted by atomic mass is 79.9. The first kappa shape index (κ1) is 17.6. The first-order chi connectivity index (χ1) is 11.9. The van der Waals surface area contributed by atoms with Crippen LogP contribution >= 0.6 is 15.9 Å². The maximum absolute atomic E-state index is 12.4. The number of anilines is 1. The van der Waals surface area contributed by atoms with Crippen LogP contribution in [0.3, 0.4) is 0 Å². The zero-order valence-electron chi connectivity index (χ0n) is 14.5. The third-order valence-corrected chi connectivity index (χ3v) is 4.78. The van der Waals surface area contributed by atoms with E-state index in [1.807, 2.05) is 20.8 Å². The highest BCUT2D eigenvalue weighted by Crippen LogP contribution is 2.38. The average molecular weight is 405 g/mol. The van der Waals surface area contributed by atoms with Gasteiger partial charge in [0.25, 0.3) is 0 Å². The summed E-state index contributed by atoms with van der Waals surface area (Å²) in [7, 11) is 0. The number of carbonyl (C=O) groups excluding carboxylic acids is 1. The van der Waals surface area contributed by atoms with Crippen molar-refractivity contribution in [2.45, 2.75) is 26.8 Å². The van der Waals surface area contributed by atoms with Crippen molar-refractivity contribution in [1.29, 1.82) is 0 Å². The first-order valence-corrected chi connectivity index (χ1v) is 8.97. The van der Waals surface area contributed by atoms with Crippen molar-refractivity contribution >= 4 is 27.6 Å². The second-order valence-corrected chi connectivity index (χ2v) is 7.01. The number of amides is 2. The van der Waals surface area contributed by atoms with Gasteiger partial charge in [-0.3, -0.25) is 0 Å². The molecule has 2 N–H and O–H groups in total. The van der Waals surface area contributed by atoms with Gasteiger partial charge in [-0.25, -0.2) is 4.79 Å². The van der Waals surface area contributed by atoms with Gasteiger partial charge in [-0.2, -0.15) is 0 Å². The summed E-state index contributed by atoms with van der Waals surface area (Å²) in [6.07, 6.45) is 0. The minimum absolute atomic E-state index is 0.101. The second-order valence-electron chi connectivity index (χ2n) is 6.16. The van der Waals surface area contributed by atoms with Gasteiger partial charge in [-0.05, 0) is 47.8 Å². The summed E-state index contributed by atoms with van der Waals surface area (Å²) in [6.45, 7) is 7.09. The van der Waals surface area contributed by atoms with Crippen LogP contribution in [0.4, 0.5) is 10.5 Å². The number of rotatable bonds is 3. The molecule has 1 atom stereocenters. The van der Waals surface area contributed by atoms with E-state index in [4.69, 9.17) is 9.47 Å². The Balaban J connectivity index is 1.71. The summed E-state index contributed by atoms with van der Waals surface area (Å²) in [5, 5.41) is 5.84. The van der Waals surface area contributed by atoms with E-state index < -0.39 is 0 Å². The SMILES string of the molecule is Cc1ccc(C)c(C(C)NC(=O)Nc2cc3c(cc2Br)OCCO3)c1. The standard InChI is InChI=1S/C19H21BrN2O3/c1-11-4-5-12(2)14(8-11)13(3)21-19(23)22-16-10-18-17(9-15(16)20)24-6-7-25-18/h4-5,8-10,13H,6-7H2,1-3H3,(H2,21,22,23). The Labute approximate surface area is 155 Å². The van der Waals surface area contributed by atoms with Crippen molar-refractivity contribution < 1.29 is 14.3 Å². The monoisotopic (exact) mass is 404 g/mol. The Morgan fingerprint density at radius 2 is 1.80 bits per heavy atom. The lowest BCUT2D eigenvalue weighted by atomic mass is 10.0. The van der Waals surface area contributed by atoms with Gasteiger partial charge in [0.15, 0.2) is 11.5 Å². The fraction of sp³-hybridized carbons (Fsp3) is 0.316. The number of carbonyl (C=O) groups is 1.